The Hall–Kier alpha value is -3.73. The largest absolute Gasteiger partial charge is 0.411 e. The molecule has 4 aromatic rings. The Kier molecular flexibility index (Phi) is 7.45. The number of carbonyl (C=O) groups is 2. The number of ketones is 2. The van der Waals surface area contributed by atoms with Crippen LogP contribution < -0.4 is 0 Å². The van der Waals surface area contributed by atoms with Crippen molar-refractivity contribution in [3.05, 3.63) is 82.9 Å². The molecule has 0 saturated carbocycles. The highest BCUT2D eigenvalue weighted by atomic mass is 16.4. The van der Waals surface area contributed by atoms with Crippen molar-refractivity contribution in [1.82, 2.24) is 4.57 Å². The van der Waals surface area contributed by atoms with Crippen molar-refractivity contribution in [3.8, 4) is 0 Å². The van der Waals surface area contributed by atoms with Crippen molar-refractivity contribution < 1.29 is 14.8 Å². The van der Waals surface area contributed by atoms with Gasteiger partial charge in [0.15, 0.2) is 5.78 Å². The van der Waals surface area contributed by atoms with Crippen LogP contribution in [0, 0.1) is 6.92 Å². The third-order valence-electron chi connectivity index (χ3n) is 6.75. The normalized spacial score (nSPS) is 11.9. The molecule has 0 unspecified atom stereocenters. The summed E-state index contributed by atoms with van der Waals surface area (Å²) in [5, 5.41) is 14.7. The van der Waals surface area contributed by atoms with E-state index in [-0.39, 0.29) is 17.3 Å². The lowest BCUT2D eigenvalue weighted by Gasteiger charge is -2.06. The number of nitrogens with zero attached hydrogens (tertiary/aromatic N) is 2. The first-order valence-corrected chi connectivity index (χ1v) is 12.4. The molecule has 0 spiro atoms. The molecule has 3 aromatic carbocycles. The van der Waals surface area contributed by atoms with Crippen molar-refractivity contribution >= 4 is 39.1 Å². The Morgan fingerprint density at radius 2 is 1.51 bits per heavy atom. The minimum atomic E-state index is -0.254. The van der Waals surface area contributed by atoms with Gasteiger partial charge in [-0.25, -0.2) is 0 Å². The zero-order chi connectivity index (χ0) is 24.9. The molecule has 0 radical (unpaired) electrons. The lowest BCUT2D eigenvalue weighted by Crippen LogP contribution is -2.14. The zero-order valence-corrected chi connectivity index (χ0v) is 20.7. The number of Topliss-reactive ketones (excluding diaryl/α,β-unsaturated/α-hetero) is 1. The number of aryl methyl sites for hydroxylation is 2. The molecule has 0 atom stereocenters. The molecule has 0 amide bonds. The zero-order valence-electron chi connectivity index (χ0n) is 20.7. The summed E-state index contributed by atoms with van der Waals surface area (Å²) in [5.74, 6) is -0.271. The molecule has 0 aliphatic heterocycles. The Morgan fingerprint density at radius 1 is 0.857 bits per heavy atom. The molecule has 4 rings (SSSR count). The van der Waals surface area contributed by atoms with E-state index < -0.39 is 0 Å². The van der Waals surface area contributed by atoms with Gasteiger partial charge in [-0.2, -0.15) is 0 Å². The fourth-order valence-electron chi connectivity index (χ4n) is 4.81. The number of hydrogen-bond donors (Lipinski definition) is 1. The molecule has 0 saturated heterocycles. The van der Waals surface area contributed by atoms with E-state index >= 15 is 0 Å². The lowest BCUT2D eigenvalue weighted by atomic mass is 9.97. The maximum Gasteiger partial charge on any atom is 0.210 e. The molecular formula is C30H32N2O3. The van der Waals surface area contributed by atoms with Crippen LogP contribution in [-0.4, -0.2) is 27.1 Å². The van der Waals surface area contributed by atoms with Gasteiger partial charge in [-0.05, 0) is 68.7 Å². The maximum atomic E-state index is 13.3. The molecule has 35 heavy (non-hydrogen) atoms. The van der Waals surface area contributed by atoms with Crippen molar-refractivity contribution in [2.24, 2.45) is 5.16 Å². The van der Waals surface area contributed by atoms with Gasteiger partial charge in [-0.3, -0.25) is 9.59 Å². The third-order valence-corrected chi connectivity index (χ3v) is 6.75. The van der Waals surface area contributed by atoms with Crippen LogP contribution in [0.15, 0.2) is 65.8 Å². The predicted octanol–water partition coefficient (Wildman–Crippen LogP) is 7.34. The van der Waals surface area contributed by atoms with Gasteiger partial charge < -0.3 is 9.77 Å². The van der Waals surface area contributed by atoms with Crippen LogP contribution in [0.1, 0.15) is 77.8 Å². The summed E-state index contributed by atoms with van der Waals surface area (Å²) >= 11 is 0. The molecule has 180 valence electrons. The molecular weight excluding hydrogens is 436 g/mol. The maximum absolute atomic E-state index is 13.3. The van der Waals surface area contributed by atoms with Crippen LogP contribution in [0.2, 0.25) is 0 Å². The second-order valence-corrected chi connectivity index (χ2v) is 9.04. The van der Waals surface area contributed by atoms with Crippen LogP contribution in [0.25, 0.3) is 21.8 Å². The second kappa shape index (κ2) is 10.7. The second-order valence-electron chi connectivity index (χ2n) is 9.04. The average Bonchev–Trinajstić information content (AvgIpc) is 3.20. The molecule has 5 heteroatoms. The molecule has 5 nitrogen and oxygen atoms in total. The predicted molar refractivity (Wildman–Crippen MR) is 142 cm³/mol. The summed E-state index contributed by atoms with van der Waals surface area (Å²) in [5.41, 5.74) is 4.95. The summed E-state index contributed by atoms with van der Waals surface area (Å²) < 4.78 is 2.19. The van der Waals surface area contributed by atoms with Gasteiger partial charge in [0.2, 0.25) is 5.78 Å². The van der Waals surface area contributed by atoms with Crippen LogP contribution in [0.5, 0.6) is 0 Å². The number of hydrogen-bond acceptors (Lipinski definition) is 4. The number of oxime groups is 1. The minimum Gasteiger partial charge on any atom is -0.411 e. The van der Waals surface area contributed by atoms with E-state index in [1.807, 2.05) is 61.5 Å². The molecule has 0 bridgehead atoms. The highest BCUT2D eigenvalue weighted by molar-refractivity contribution is 6.46. The highest BCUT2D eigenvalue weighted by Crippen LogP contribution is 2.32. The van der Waals surface area contributed by atoms with Crippen molar-refractivity contribution in [2.75, 3.05) is 0 Å². The Morgan fingerprint density at radius 3 is 2.14 bits per heavy atom. The first kappa shape index (κ1) is 24.4. The van der Waals surface area contributed by atoms with Crippen LogP contribution in [0.4, 0.5) is 0 Å². The molecule has 0 aliphatic rings. The standard InChI is InChI=1S/C30H32N2O3/c1-4-6-7-8-13-26(31-35)30(34)22-15-17-28-25(19-22)24-18-21(14-16-27(24)32(28)5-2)29(33)23-12-10-9-11-20(23)3/h9-12,14-19,35H,4-8,13H2,1-3H3/b31-26-. The molecule has 0 fully saturated rings. The van der Waals surface area contributed by atoms with E-state index in [9.17, 15) is 14.8 Å². The summed E-state index contributed by atoms with van der Waals surface area (Å²) in [7, 11) is 0. The van der Waals surface area contributed by atoms with Gasteiger partial charge in [0.05, 0.1) is 0 Å². The average molecular weight is 469 g/mol. The first-order valence-electron chi connectivity index (χ1n) is 12.4. The van der Waals surface area contributed by atoms with Crippen molar-refractivity contribution in [1.29, 1.82) is 0 Å². The number of carbonyl (C=O) groups excluding carboxylic acids is 2. The van der Waals surface area contributed by atoms with Gasteiger partial charge in [-0.1, -0.05) is 55.6 Å². The van der Waals surface area contributed by atoms with Gasteiger partial charge >= 0.3 is 0 Å². The Bertz CT molecular complexity index is 1430. The monoisotopic (exact) mass is 468 g/mol. The van der Waals surface area contributed by atoms with E-state index in [4.69, 9.17) is 0 Å². The number of fused-ring (bicyclic) bond motifs is 3. The lowest BCUT2D eigenvalue weighted by molar-refractivity contribution is 0.103. The van der Waals surface area contributed by atoms with E-state index in [0.717, 1.165) is 59.6 Å². The third kappa shape index (κ3) is 4.76. The SMILES string of the molecule is CCCCCC/C(=N/O)C(=O)c1ccc2c(c1)c1cc(C(=O)c3ccccc3C)ccc1n2CC. The van der Waals surface area contributed by atoms with Crippen LogP contribution >= 0.6 is 0 Å². The summed E-state index contributed by atoms with van der Waals surface area (Å²) in [6.45, 7) is 6.92. The number of aromatic nitrogens is 1. The number of benzene rings is 3. The summed E-state index contributed by atoms with van der Waals surface area (Å²) in [4.78, 5) is 26.4. The molecule has 0 aliphatic carbocycles. The van der Waals surface area contributed by atoms with Crippen LogP contribution in [0.3, 0.4) is 0 Å². The Balaban J connectivity index is 1.76. The van der Waals surface area contributed by atoms with Gasteiger partial charge in [-0.15, -0.1) is 0 Å². The van der Waals surface area contributed by atoms with Gasteiger partial charge in [0.1, 0.15) is 5.71 Å². The minimum absolute atomic E-state index is 0.0172. The van der Waals surface area contributed by atoms with Crippen molar-refractivity contribution in [3.63, 3.8) is 0 Å². The fraction of sp³-hybridized carbons (Fsp3) is 0.300. The van der Waals surface area contributed by atoms with E-state index in [1.165, 1.54) is 0 Å². The van der Waals surface area contributed by atoms with Gasteiger partial charge in [0.25, 0.3) is 0 Å². The van der Waals surface area contributed by atoms with E-state index in [0.29, 0.717) is 23.1 Å². The number of rotatable bonds is 10. The molecule has 1 aromatic heterocycles. The topological polar surface area (TPSA) is 71.7 Å². The van der Waals surface area contributed by atoms with Crippen molar-refractivity contribution in [2.45, 2.75) is 59.4 Å². The first-order chi connectivity index (χ1) is 17.0. The summed E-state index contributed by atoms with van der Waals surface area (Å²) in [6.07, 6.45) is 4.48. The summed E-state index contributed by atoms with van der Waals surface area (Å²) in [6, 6.07) is 19.0. The number of unbranched alkanes of at least 4 members (excludes halogenated alkanes) is 3. The molecule has 1 N–H and O–H groups in total. The van der Waals surface area contributed by atoms with Crippen LogP contribution in [-0.2, 0) is 6.54 Å². The molecule has 1 heterocycles. The smallest absolute Gasteiger partial charge is 0.210 e. The fourth-order valence-corrected chi connectivity index (χ4v) is 4.81. The quantitative estimate of drug-likeness (QED) is 0.0870. The van der Waals surface area contributed by atoms with E-state index in [1.54, 1.807) is 6.07 Å². The highest BCUT2D eigenvalue weighted by Gasteiger charge is 2.19. The van der Waals surface area contributed by atoms with Gasteiger partial charge in [0, 0.05) is 45.0 Å². The van der Waals surface area contributed by atoms with E-state index in [2.05, 4.69) is 23.6 Å². The Labute approximate surface area is 206 Å².